The number of rotatable bonds is 9. The molecule has 1 aliphatic rings. The maximum atomic E-state index is 12.4. The summed E-state index contributed by atoms with van der Waals surface area (Å²) in [7, 11) is 0. The largest absolute Gasteiger partial charge is 0.480 e. The first-order valence-electron chi connectivity index (χ1n) is 9.04. The summed E-state index contributed by atoms with van der Waals surface area (Å²) < 4.78 is 0. The minimum absolute atomic E-state index is 0.0550. The lowest BCUT2D eigenvalue weighted by atomic mass is 9.73. The predicted molar refractivity (Wildman–Crippen MR) is 97.2 cm³/mol. The minimum Gasteiger partial charge on any atom is -0.480 e. The van der Waals surface area contributed by atoms with E-state index < -0.39 is 12.0 Å². The van der Waals surface area contributed by atoms with Crippen LogP contribution in [0.1, 0.15) is 59.8 Å². The maximum Gasteiger partial charge on any atom is 0.320 e. The molecule has 2 atom stereocenters. The summed E-state index contributed by atoms with van der Waals surface area (Å²) in [4.78, 5) is 36.2. The lowest BCUT2D eigenvalue weighted by Gasteiger charge is -2.30. The lowest BCUT2D eigenvalue weighted by molar-refractivity contribution is -0.140. The fourth-order valence-electron chi connectivity index (χ4n) is 3.08. The molecule has 0 aromatic carbocycles. The molecule has 0 aromatic heterocycles. The summed E-state index contributed by atoms with van der Waals surface area (Å²) in [6.07, 6.45) is 4.28. The van der Waals surface area contributed by atoms with Crippen molar-refractivity contribution in [1.82, 2.24) is 5.32 Å². The SMILES string of the molecule is CC(C)C(C=C1C(=O)CC(C)(C)CC1=O)N[C@@H](CCCCN)C(=O)O. The fourth-order valence-corrected chi connectivity index (χ4v) is 3.08. The second-order valence-electron chi connectivity index (χ2n) is 8.06. The van der Waals surface area contributed by atoms with Gasteiger partial charge < -0.3 is 10.8 Å². The summed E-state index contributed by atoms with van der Waals surface area (Å²) in [5.41, 5.74) is 5.38. The Morgan fingerprint density at radius 2 is 1.80 bits per heavy atom. The molecule has 0 radical (unpaired) electrons. The van der Waals surface area contributed by atoms with E-state index in [4.69, 9.17) is 5.73 Å². The van der Waals surface area contributed by atoms with Gasteiger partial charge in [-0.15, -0.1) is 0 Å². The zero-order valence-electron chi connectivity index (χ0n) is 15.8. The van der Waals surface area contributed by atoms with Crippen LogP contribution in [0.5, 0.6) is 0 Å². The van der Waals surface area contributed by atoms with Crippen LogP contribution in [0.15, 0.2) is 11.6 Å². The normalized spacial score (nSPS) is 19.8. The lowest BCUT2D eigenvalue weighted by Crippen LogP contribution is -2.45. The number of aliphatic carboxylic acids is 1. The summed E-state index contributed by atoms with van der Waals surface area (Å²) in [5, 5.41) is 12.5. The highest BCUT2D eigenvalue weighted by Crippen LogP contribution is 2.33. The van der Waals surface area contributed by atoms with Crippen LogP contribution < -0.4 is 11.1 Å². The van der Waals surface area contributed by atoms with Gasteiger partial charge in [0.2, 0.25) is 0 Å². The summed E-state index contributed by atoms with van der Waals surface area (Å²) in [5.74, 6) is -1.17. The molecule has 25 heavy (non-hydrogen) atoms. The topological polar surface area (TPSA) is 109 Å². The van der Waals surface area contributed by atoms with E-state index in [1.54, 1.807) is 6.08 Å². The van der Waals surface area contributed by atoms with Crippen molar-refractivity contribution in [3.05, 3.63) is 11.6 Å². The van der Waals surface area contributed by atoms with Crippen molar-refractivity contribution in [2.75, 3.05) is 6.54 Å². The van der Waals surface area contributed by atoms with Crippen LogP contribution in [0.2, 0.25) is 0 Å². The first-order valence-corrected chi connectivity index (χ1v) is 9.04. The molecule has 1 fully saturated rings. The van der Waals surface area contributed by atoms with E-state index in [0.29, 0.717) is 32.2 Å². The highest BCUT2D eigenvalue weighted by Gasteiger charge is 2.36. The van der Waals surface area contributed by atoms with E-state index in [9.17, 15) is 19.5 Å². The minimum atomic E-state index is -0.927. The van der Waals surface area contributed by atoms with E-state index in [1.807, 2.05) is 27.7 Å². The molecule has 0 heterocycles. The number of ketones is 2. The zero-order valence-corrected chi connectivity index (χ0v) is 15.8. The Balaban J connectivity index is 2.93. The van der Waals surface area contributed by atoms with Gasteiger partial charge >= 0.3 is 5.97 Å². The average Bonchev–Trinajstić information content (AvgIpc) is 2.46. The Morgan fingerprint density at radius 1 is 1.24 bits per heavy atom. The molecule has 0 saturated heterocycles. The van der Waals surface area contributed by atoms with Crippen LogP contribution in [-0.4, -0.2) is 41.3 Å². The van der Waals surface area contributed by atoms with Crippen LogP contribution >= 0.6 is 0 Å². The molecule has 0 aromatic rings. The summed E-state index contributed by atoms with van der Waals surface area (Å²) >= 11 is 0. The van der Waals surface area contributed by atoms with E-state index >= 15 is 0 Å². The van der Waals surface area contributed by atoms with Crippen molar-refractivity contribution in [1.29, 1.82) is 0 Å². The number of carboxylic acids is 1. The summed E-state index contributed by atoms with van der Waals surface area (Å²) in [6.45, 7) is 8.23. The van der Waals surface area contributed by atoms with Gasteiger partial charge in [-0.3, -0.25) is 19.7 Å². The molecule has 1 saturated carbocycles. The first-order chi connectivity index (χ1) is 11.6. The number of carbonyl (C=O) groups excluding carboxylic acids is 2. The van der Waals surface area contributed by atoms with Gasteiger partial charge in [-0.1, -0.05) is 40.2 Å². The smallest absolute Gasteiger partial charge is 0.320 e. The Labute approximate surface area is 150 Å². The molecule has 1 rings (SSSR count). The van der Waals surface area contributed by atoms with Gasteiger partial charge in [0, 0.05) is 18.9 Å². The molecule has 4 N–H and O–H groups in total. The zero-order chi connectivity index (χ0) is 19.2. The molecular weight excluding hydrogens is 320 g/mol. The van der Waals surface area contributed by atoms with Gasteiger partial charge in [0.25, 0.3) is 0 Å². The third-order valence-corrected chi connectivity index (χ3v) is 4.58. The number of nitrogens with one attached hydrogen (secondary N) is 1. The van der Waals surface area contributed by atoms with Gasteiger partial charge in [0.1, 0.15) is 6.04 Å². The fraction of sp³-hybridized carbons (Fsp3) is 0.737. The number of unbranched alkanes of at least 4 members (excludes halogenated alkanes) is 1. The standard InChI is InChI=1S/C19H32N2O4/c1-12(2)15(21-14(18(24)25)7-5-6-8-20)9-13-16(22)10-19(3,4)11-17(13)23/h9,12,14-15,21H,5-8,10-11,20H2,1-4H3,(H,24,25)/t14-,15?/m0/s1. The number of nitrogens with two attached hydrogens (primary N) is 1. The molecule has 0 amide bonds. The number of hydrogen-bond donors (Lipinski definition) is 3. The van der Waals surface area contributed by atoms with Crippen molar-refractivity contribution in [3.8, 4) is 0 Å². The molecule has 142 valence electrons. The number of carbonyl (C=O) groups is 3. The number of allylic oxidation sites excluding steroid dienone is 1. The molecule has 0 aliphatic heterocycles. The second kappa shape index (κ2) is 9.25. The third-order valence-electron chi connectivity index (χ3n) is 4.58. The van der Waals surface area contributed by atoms with Gasteiger partial charge in [0.05, 0.1) is 5.57 Å². The summed E-state index contributed by atoms with van der Waals surface area (Å²) in [6, 6.07) is -1.07. The Hall–Kier alpha value is -1.53. The second-order valence-corrected chi connectivity index (χ2v) is 8.06. The molecule has 6 nitrogen and oxygen atoms in total. The maximum absolute atomic E-state index is 12.4. The van der Waals surface area contributed by atoms with Crippen molar-refractivity contribution >= 4 is 17.5 Å². The first kappa shape index (κ1) is 21.5. The third kappa shape index (κ3) is 6.71. The monoisotopic (exact) mass is 352 g/mol. The quantitative estimate of drug-likeness (QED) is 0.333. The molecule has 6 heteroatoms. The van der Waals surface area contributed by atoms with Crippen LogP contribution in [-0.2, 0) is 14.4 Å². The van der Waals surface area contributed by atoms with Crippen LogP contribution in [0.4, 0.5) is 0 Å². The van der Waals surface area contributed by atoms with Crippen LogP contribution in [0, 0.1) is 11.3 Å². The van der Waals surface area contributed by atoms with Crippen LogP contribution in [0.25, 0.3) is 0 Å². The van der Waals surface area contributed by atoms with E-state index in [2.05, 4.69) is 5.32 Å². The molecule has 0 spiro atoms. The van der Waals surface area contributed by atoms with Gasteiger partial charge in [-0.25, -0.2) is 0 Å². The van der Waals surface area contributed by atoms with Gasteiger partial charge in [-0.2, -0.15) is 0 Å². The molecule has 0 bridgehead atoms. The molecular formula is C19H32N2O4. The highest BCUT2D eigenvalue weighted by atomic mass is 16.4. The van der Waals surface area contributed by atoms with E-state index in [1.165, 1.54) is 0 Å². The molecule has 1 unspecified atom stereocenters. The number of Topliss-reactive ketones (excluding diaryl/α,β-unsaturated/α-hetero) is 2. The van der Waals surface area contributed by atoms with Crippen molar-refractivity contribution in [2.24, 2.45) is 17.1 Å². The Morgan fingerprint density at radius 3 is 2.24 bits per heavy atom. The number of hydrogen-bond acceptors (Lipinski definition) is 5. The Bertz CT molecular complexity index is 516. The molecule has 1 aliphatic carbocycles. The van der Waals surface area contributed by atoms with Crippen molar-refractivity contribution < 1.29 is 19.5 Å². The van der Waals surface area contributed by atoms with E-state index in [-0.39, 0.29) is 34.5 Å². The number of carboxylic acid groups (broad SMARTS) is 1. The van der Waals surface area contributed by atoms with Gasteiger partial charge in [0.15, 0.2) is 11.6 Å². The van der Waals surface area contributed by atoms with Crippen molar-refractivity contribution in [2.45, 2.75) is 71.9 Å². The van der Waals surface area contributed by atoms with Gasteiger partial charge in [-0.05, 0) is 30.7 Å². The van der Waals surface area contributed by atoms with Crippen molar-refractivity contribution in [3.63, 3.8) is 0 Å². The van der Waals surface area contributed by atoms with Crippen LogP contribution in [0.3, 0.4) is 0 Å². The predicted octanol–water partition coefficient (Wildman–Crippen LogP) is 2.07. The highest BCUT2D eigenvalue weighted by molar-refractivity contribution is 6.22. The average molecular weight is 352 g/mol. The Kier molecular flexibility index (Phi) is 7.96. The van der Waals surface area contributed by atoms with E-state index in [0.717, 1.165) is 6.42 Å².